The summed E-state index contributed by atoms with van der Waals surface area (Å²) in [5.41, 5.74) is 2.38. The van der Waals surface area contributed by atoms with Crippen molar-refractivity contribution in [3.8, 4) is 5.69 Å². The number of carbonyl (C=O) groups is 1. The highest BCUT2D eigenvalue weighted by molar-refractivity contribution is 7.12. The summed E-state index contributed by atoms with van der Waals surface area (Å²) in [5.74, 6) is 1.25. The number of fused-ring (bicyclic) bond motifs is 4. The SMILES string of the molecule is CN1Cc2ccccc2-n2ccnc2C12CCN(C(=O)c1cccs1)CC2. The zero-order valence-corrected chi connectivity index (χ0v) is 16.2. The molecule has 2 aromatic heterocycles. The van der Waals surface area contributed by atoms with Crippen LogP contribution in [0.15, 0.2) is 54.2 Å². The van der Waals surface area contributed by atoms with Crippen LogP contribution in [0.1, 0.15) is 33.9 Å². The van der Waals surface area contributed by atoms with E-state index in [1.807, 2.05) is 28.6 Å². The third kappa shape index (κ3) is 2.55. The van der Waals surface area contributed by atoms with E-state index in [9.17, 15) is 4.79 Å². The predicted octanol–water partition coefficient (Wildman–Crippen LogP) is 3.51. The Bertz CT molecular complexity index is 970. The van der Waals surface area contributed by atoms with Crippen molar-refractivity contribution in [2.24, 2.45) is 0 Å². The zero-order chi connectivity index (χ0) is 18.4. The molecule has 27 heavy (non-hydrogen) atoms. The maximum atomic E-state index is 12.8. The molecule has 0 unspecified atom stereocenters. The fourth-order valence-electron chi connectivity index (χ4n) is 4.54. The van der Waals surface area contributed by atoms with E-state index in [4.69, 9.17) is 4.98 Å². The standard InChI is InChI=1S/C21H22N4OS/c1-23-15-16-5-2-3-6-17(16)25-13-10-22-20(25)21(23)8-11-24(12-9-21)19(26)18-7-4-14-27-18/h2-7,10,13-14H,8-9,11-12,15H2,1H3. The van der Waals surface area contributed by atoms with Crippen molar-refractivity contribution in [2.75, 3.05) is 20.1 Å². The number of carbonyl (C=O) groups excluding carboxylic acids is 1. The highest BCUT2D eigenvalue weighted by atomic mass is 32.1. The number of hydrogen-bond acceptors (Lipinski definition) is 4. The largest absolute Gasteiger partial charge is 0.338 e. The van der Waals surface area contributed by atoms with Crippen LogP contribution in [-0.2, 0) is 12.1 Å². The van der Waals surface area contributed by atoms with Gasteiger partial charge in [0.25, 0.3) is 5.91 Å². The second-order valence-electron chi connectivity index (χ2n) is 7.41. The number of aromatic nitrogens is 2. The Morgan fingerprint density at radius 1 is 1.15 bits per heavy atom. The lowest BCUT2D eigenvalue weighted by Gasteiger charge is -2.45. The first-order chi connectivity index (χ1) is 13.2. The second-order valence-corrected chi connectivity index (χ2v) is 8.35. The molecule has 2 aliphatic heterocycles. The number of benzene rings is 1. The van der Waals surface area contributed by atoms with E-state index in [1.165, 1.54) is 22.6 Å². The number of rotatable bonds is 1. The van der Waals surface area contributed by atoms with Gasteiger partial charge < -0.3 is 9.47 Å². The van der Waals surface area contributed by atoms with Gasteiger partial charge in [-0.1, -0.05) is 24.3 Å². The Balaban J connectivity index is 1.48. The Kier molecular flexibility index (Phi) is 3.91. The molecule has 0 N–H and O–H groups in total. The molecule has 4 heterocycles. The molecule has 0 atom stereocenters. The van der Waals surface area contributed by atoms with E-state index >= 15 is 0 Å². The van der Waals surface area contributed by atoms with Crippen LogP contribution >= 0.6 is 11.3 Å². The molecule has 6 heteroatoms. The smallest absolute Gasteiger partial charge is 0.263 e. The average molecular weight is 379 g/mol. The van der Waals surface area contributed by atoms with Gasteiger partial charge in [0, 0.05) is 32.0 Å². The van der Waals surface area contributed by atoms with Crippen molar-refractivity contribution in [3.63, 3.8) is 0 Å². The summed E-state index contributed by atoms with van der Waals surface area (Å²) in [5, 5.41) is 1.96. The molecule has 1 fully saturated rings. The number of hydrogen-bond donors (Lipinski definition) is 0. The Labute approximate surface area is 162 Å². The van der Waals surface area contributed by atoms with Gasteiger partial charge in [0.15, 0.2) is 0 Å². The van der Waals surface area contributed by atoms with Crippen molar-refractivity contribution in [2.45, 2.75) is 24.9 Å². The summed E-state index contributed by atoms with van der Waals surface area (Å²) in [6.45, 7) is 2.40. The summed E-state index contributed by atoms with van der Waals surface area (Å²) in [6, 6.07) is 12.4. The van der Waals surface area contributed by atoms with Gasteiger partial charge in [-0.3, -0.25) is 9.69 Å². The quantitative estimate of drug-likeness (QED) is 0.651. The second kappa shape index (κ2) is 6.32. The highest BCUT2D eigenvalue weighted by Gasteiger charge is 2.45. The minimum atomic E-state index is -0.144. The van der Waals surface area contributed by atoms with Gasteiger partial charge in [0.1, 0.15) is 5.82 Å². The summed E-state index contributed by atoms with van der Waals surface area (Å²) < 4.78 is 2.25. The van der Waals surface area contributed by atoms with E-state index in [0.29, 0.717) is 0 Å². The van der Waals surface area contributed by atoms with E-state index in [-0.39, 0.29) is 11.4 Å². The van der Waals surface area contributed by atoms with Gasteiger partial charge >= 0.3 is 0 Å². The highest BCUT2D eigenvalue weighted by Crippen LogP contribution is 2.42. The van der Waals surface area contributed by atoms with Crippen molar-refractivity contribution in [3.05, 3.63) is 70.4 Å². The van der Waals surface area contributed by atoms with Crippen LogP contribution in [0, 0.1) is 0 Å². The van der Waals surface area contributed by atoms with Gasteiger partial charge in [0.2, 0.25) is 0 Å². The Morgan fingerprint density at radius 2 is 1.96 bits per heavy atom. The lowest BCUT2D eigenvalue weighted by molar-refractivity contribution is 0.0232. The molecule has 0 saturated carbocycles. The number of imidazole rings is 1. The number of nitrogens with zero attached hydrogens (tertiary/aromatic N) is 4. The Hall–Kier alpha value is -2.44. The zero-order valence-electron chi connectivity index (χ0n) is 15.3. The van der Waals surface area contributed by atoms with E-state index in [2.05, 4.69) is 47.0 Å². The lowest BCUT2D eigenvalue weighted by atomic mass is 9.84. The number of likely N-dealkylation sites (tertiary alicyclic amines) is 1. The molecule has 1 saturated heterocycles. The van der Waals surface area contributed by atoms with Crippen molar-refractivity contribution >= 4 is 17.2 Å². The average Bonchev–Trinajstić information content (AvgIpc) is 3.39. The van der Waals surface area contributed by atoms with Gasteiger partial charge in [-0.2, -0.15) is 0 Å². The third-order valence-electron chi connectivity index (χ3n) is 6.06. The summed E-state index contributed by atoms with van der Waals surface area (Å²) in [4.78, 5) is 22.8. The summed E-state index contributed by atoms with van der Waals surface area (Å²) in [6.07, 6.45) is 5.76. The van der Waals surface area contributed by atoms with E-state index in [1.54, 1.807) is 0 Å². The fraction of sp³-hybridized carbons (Fsp3) is 0.333. The first-order valence-electron chi connectivity index (χ1n) is 9.35. The molecule has 1 amide bonds. The van der Waals surface area contributed by atoms with Gasteiger partial charge in [-0.05, 0) is 43.0 Å². The molecule has 1 aromatic carbocycles. The molecule has 0 radical (unpaired) electrons. The fourth-order valence-corrected chi connectivity index (χ4v) is 5.23. The van der Waals surface area contributed by atoms with Crippen LogP contribution in [0.5, 0.6) is 0 Å². The third-order valence-corrected chi connectivity index (χ3v) is 6.91. The normalized spacial score (nSPS) is 18.8. The van der Waals surface area contributed by atoms with Crippen molar-refractivity contribution in [1.29, 1.82) is 0 Å². The van der Waals surface area contributed by atoms with Crippen LogP contribution in [0.2, 0.25) is 0 Å². The lowest BCUT2D eigenvalue weighted by Crippen LogP contribution is -2.53. The van der Waals surface area contributed by atoms with Crippen molar-refractivity contribution in [1.82, 2.24) is 19.4 Å². The Morgan fingerprint density at radius 3 is 2.74 bits per heavy atom. The van der Waals surface area contributed by atoms with Gasteiger partial charge in [-0.25, -0.2) is 4.98 Å². The topological polar surface area (TPSA) is 41.4 Å². The van der Waals surface area contributed by atoms with Crippen LogP contribution in [0.4, 0.5) is 0 Å². The van der Waals surface area contributed by atoms with Crippen LogP contribution in [0.3, 0.4) is 0 Å². The summed E-state index contributed by atoms with van der Waals surface area (Å²) in [7, 11) is 2.19. The maximum Gasteiger partial charge on any atom is 0.263 e. The number of amides is 1. The van der Waals surface area contributed by atoms with Crippen molar-refractivity contribution < 1.29 is 4.79 Å². The number of piperidine rings is 1. The van der Waals surface area contributed by atoms with E-state index in [0.717, 1.165) is 43.2 Å². The molecule has 2 aliphatic rings. The van der Waals surface area contributed by atoms with Crippen LogP contribution < -0.4 is 0 Å². The monoisotopic (exact) mass is 378 g/mol. The minimum Gasteiger partial charge on any atom is -0.338 e. The van der Waals surface area contributed by atoms with Crippen LogP contribution in [0.25, 0.3) is 5.69 Å². The molecular formula is C21H22N4OS. The molecule has 5 nitrogen and oxygen atoms in total. The number of para-hydroxylation sites is 1. The minimum absolute atomic E-state index is 0.144. The number of thiophene rings is 1. The molecule has 5 rings (SSSR count). The molecule has 138 valence electrons. The first kappa shape index (κ1) is 16.7. The predicted molar refractivity (Wildman–Crippen MR) is 106 cm³/mol. The molecule has 0 bridgehead atoms. The van der Waals surface area contributed by atoms with Gasteiger partial charge in [0.05, 0.1) is 16.1 Å². The first-order valence-corrected chi connectivity index (χ1v) is 10.2. The molecular weight excluding hydrogens is 356 g/mol. The van der Waals surface area contributed by atoms with E-state index < -0.39 is 0 Å². The molecule has 3 aromatic rings. The maximum absolute atomic E-state index is 12.8. The van der Waals surface area contributed by atoms with Gasteiger partial charge in [-0.15, -0.1) is 11.3 Å². The molecule has 0 aliphatic carbocycles. The van der Waals surface area contributed by atoms with Crippen LogP contribution in [-0.4, -0.2) is 45.4 Å². The summed E-state index contributed by atoms with van der Waals surface area (Å²) >= 11 is 1.52. The molecule has 1 spiro atoms.